The van der Waals surface area contributed by atoms with E-state index in [2.05, 4.69) is 34.8 Å². The summed E-state index contributed by atoms with van der Waals surface area (Å²) in [4.78, 5) is 13.5. The molecule has 2 heterocycles. The van der Waals surface area contributed by atoms with Gasteiger partial charge in [-0.15, -0.1) is 10.2 Å². The third-order valence-electron chi connectivity index (χ3n) is 5.43. The topological polar surface area (TPSA) is 81.1 Å². The van der Waals surface area contributed by atoms with Gasteiger partial charge in [0.25, 0.3) is 0 Å². The van der Waals surface area contributed by atoms with Gasteiger partial charge in [0.05, 0.1) is 18.2 Å². The van der Waals surface area contributed by atoms with Crippen LogP contribution in [0.4, 0.5) is 5.69 Å². The summed E-state index contributed by atoms with van der Waals surface area (Å²) >= 11 is 7.82. The van der Waals surface area contributed by atoms with Crippen LogP contribution < -0.4 is 15.5 Å². The van der Waals surface area contributed by atoms with Gasteiger partial charge in [-0.1, -0.05) is 61.5 Å². The number of halogens is 1. The number of ether oxygens (including phenoxy) is 1. The summed E-state index contributed by atoms with van der Waals surface area (Å²) in [5, 5.41) is 12.4. The minimum atomic E-state index is -0.476. The second kappa shape index (κ2) is 9.83. The SMILES string of the molecule is CCCc1nnc2n1N[C@@H](c1ccc(OC)c(Cl)c1)[C@@H](C(=O)Nc1ccccc1CC)S2. The molecule has 0 spiro atoms. The number of thioether (sulfide) groups is 1. The van der Waals surface area contributed by atoms with E-state index in [0.29, 0.717) is 15.9 Å². The van der Waals surface area contributed by atoms with E-state index in [0.717, 1.165) is 41.9 Å². The van der Waals surface area contributed by atoms with Crippen LogP contribution >= 0.6 is 23.4 Å². The number of hydrogen-bond acceptors (Lipinski definition) is 6. The number of nitrogens with one attached hydrogen (secondary N) is 2. The Bertz CT molecular complexity index is 1120. The lowest BCUT2D eigenvalue weighted by molar-refractivity contribution is -0.116. The second-order valence-electron chi connectivity index (χ2n) is 7.52. The minimum Gasteiger partial charge on any atom is -0.495 e. The van der Waals surface area contributed by atoms with E-state index >= 15 is 0 Å². The molecule has 7 nitrogen and oxygen atoms in total. The van der Waals surface area contributed by atoms with Gasteiger partial charge in [-0.3, -0.25) is 4.79 Å². The molecule has 0 saturated carbocycles. The van der Waals surface area contributed by atoms with E-state index in [9.17, 15) is 4.79 Å². The third-order valence-corrected chi connectivity index (χ3v) is 6.94. The van der Waals surface area contributed by atoms with Crippen molar-refractivity contribution >= 4 is 35.0 Å². The number of nitrogens with zero attached hydrogens (tertiary/aromatic N) is 3. The molecular weight excluding hydrogens is 446 g/mol. The fraction of sp³-hybridized carbons (Fsp3) is 0.348. The summed E-state index contributed by atoms with van der Waals surface area (Å²) in [6.45, 7) is 4.17. The molecule has 2 aromatic carbocycles. The van der Waals surface area contributed by atoms with Gasteiger partial charge in [-0.2, -0.15) is 0 Å². The number of amides is 1. The van der Waals surface area contributed by atoms with Crippen LogP contribution in [-0.4, -0.2) is 33.1 Å². The van der Waals surface area contributed by atoms with Crippen molar-refractivity contribution in [3.63, 3.8) is 0 Å². The van der Waals surface area contributed by atoms with E-state index in [1.165, 1.54) is 11.8 Å². The van der Waals surface area contributed by atoms with Gasteiger partial charge in [0.15, 0.2) is 5.82 Å². The normalized spacial score (nSPS) is 17.4. The predicted octanol–water partition coefficient (Wildman–Crippen LogP) is 4.85. The molecule has 0 bridgehead atoms. The highest BCUT2D eigenvalue weighted by atomic mass is 35.5. The number of aryl methyl sites for hydroxylation is 2. The summed E-state index contributed by atoms with van der Waals surface area (Å²) in [6, 6.07) is 13.1. The molecule has 0 fully saturated rings. The number of carbonyl (C=O) groups is 1. The molecule has 1 aliphatic heterocycles. The number of anilines is 1. The quantitative estimate of drug-likeness (QED) is 0.512. The minimum absolute atomic E-state index is 0.105. The van der Waals surface area contributed by atoms with E-state index in [1.54, 1.807) is 7.11 Å². The highest BCUT2D eigenvalue weighted by Gasteiger charge is 2.38. The molecule has 0 radical (unpaired) electrons. The van der Waals surface area contributed by atoms with E-state index in [-0.39, 0.29) is 11.9 Å². The first-order chi connectivity index (χ1) is 15.5. The summed E-state index contributed by atoms with van der Waals surface area (Å²) < 4.78 is 7.19. The van der Waals surface area contributed by atoms with Crippen molar-refractivity contribution in [2.75, 3.05) is 17.9 Å². The first-order valence-corrected chi connectivity index (χ1v) is 11.9. The Morgan fingerprint density at radius 2 is 2.06 bits per heavy atom. The Hall–Kier alpha value is -2.71. The molecule has 1 amide bonds. The fourth-order valence-electron chi connectivity index (χ4n) is 3.76. The Kier molecular flexibility index (Phi) is 6.91. The molecule has 4 rings (SSSR count). The Morgan fingerprint density at radius 3 is 2.78 bits per heavy atom. The lowest BCUT2D eigenvalue weighted by Gasteiger charge is -2.33. The van der Waals surface area contributed by atoms with Crippen LogP contribution in [0.15, 0.2) is 47.6 Å². The lowest BCUT2D eigenvalue weighted by atomic mass is 10.0. The average Bonchev–Trinajstić information content (AvgIpc) is 3.20. The molecule has 1 aliphatic rings. The zero-order valence-corrected chi connectivity index (χ0v) is 19.8. The second-order valence-corrected chi connectivity index (χ2v) is 9.04. The number of aromatic nitrogens is 3. The molecule has 32 heavy (non-hydrogen) atoms. The maximum absolute atomic E-state index is 13.5. The molecule has 9 heteroatoms. The zero-order valence-electron chi connectivity index (χ0n) is 18.3. The summed E-state index contributed by atoms with van der Waals surface area (Å²) in [6.07, 6.45) is 2.57. The number of methoxy groups -OCH3 is 1. The highest BCUT2D eigenvalue weighted by Crippen LogP contribution is 2.39. The fourth-order valence-corrected chi connectivity index (χ4v) is 5.13. The van der Waals surface area contributed by atoms with Gasteiger partial charge < -0.3 is 15.5 Å². The van der Waals surface area contributed by atoms with Gasteiger partial charge >= 0.3 is 0 Å². The Balaban J connectivity index is 1.70. The molecule has 0 saturated heterocycles. The predicted molar refractivity (Wildman–Crippen MR) is 128 cm³/mol. The summed E-state index contributed by atoms with van der Waals surface area (Å²) in [7, 11) is 1.58. The summed E-state index contributed by atoms with van der Waals surface area (Å²) in [5.41, 5.74) is 6.27. The molecule has 3 aromatic rings. The van der Waals surface area contributed by atoms with Crippen molar-refractivity contribution in [1.29, 1.82) is 0 Å². The van der Waals surface area contributed by atoms with Crippen molar-refractivity contribution in [3.05, 3.63) is 64.4 Å². The van der Waals surface area contributed by atoms with Gasteiger partial charge in [0.1, 0.15) is 11.0 Å². The largest absolute Gasteiger partial charge is 0.495 e. The van der Waals surface area contributed by atoms with E-state index in [1.807, 2.05) is 47.1 Å². The molecular formula is C23H26ClN5O2S. The maximum atomic E-state index is 13.5. The number of para-hydroxylation sites is 1. The molecule has 0 unspecified atom stereocenters. The molecule has 1 aromatic heterocycles. The third kappa shape index (κ3) is 4.42. The lowest BCUT2D eigenvalue weighted by Crippen LogP contribution is -2.41. The average molecular weight is 472 g/mol. The number of benzene rings is 2. The van der Waals surface area contributed by atoms with Crippen LogP contribution in [0.3, 0.4) is 0 Å². The molecule has 168 valence electrons. The van der Waals surface area contributed by atoms with E-state index < -0.39 is 5.25 Å². The van der Waals surface area contributed by atoms with Gasteiger partial charge in [0, 0.05) is 12.1 Å². The van der Waals surface area contributed by atoms with Gasteiger partial charge in [-0.05, 0) is 42.2 Å². The zero-order chi connectivity index (χ0) is 22.7. The first-order valence-electron chi connectivity index (χ1n) is 10.6. The van der Waals surface area contributed by atoms with Crippen LogP contribution in [0.1, 0.15) is 43.3 Å². The van der Waals surface area contributed by atoms with Crippen LogP contribution in [0.2, 0.25) is 5.02 Å². The van der Waals surface area contributed by atoms with Crippen molar-refractivity contribution in [1.82, 2.24) is 14.9 Å². The molecule has 2 atom stereocenters. The molecule has 0 aliphatic carbocycles. The van der Waals surface area contributed by atoms with Crippen LogP contribution in [0, 0.1) is 0 Å². The maximum Gasteiger partial charge on any atom is 0.240 e. The number of fused-ring (bicyclic) bond motifs is 1. The standard InChI is InChI=1S/C23H26ClN5O2S/c1-4-8-19-26-27-23-29(19)28-20(15-11-12-18(31-3)16(24)13-15)21(32-23)22(30)25-17-10-7-6-9-14(17)5-2/h6-7,9-13,20-21,28H,4-5,8H2,1-3H3,(H,25,30)/t20-,21-/m0/s1. The van der Waals surface area contributed by atoms with Crippen molar-refractivity contribution < 1.29 is 9.53 Å². The monoisotopic (exact) mass is 471 g/mol. The van der Waals surface area contributed by atoms with Crippen LogP contribution in [0.25, 0.3) is 0 Å². The van der Waals surface area contributed by atoms with Gasteiger partial charge in [0.2, 0.25) is 11.1 Å². The van der Waals surface area contributed by atoms with Crippen molar-refractivity contribution in [3.8, 4) is 5.75 Å². The Labute approximate surface area is 196 Å². The highest BCUT2D eigenvalue weighted by molar-refractivity contribution is 8.00. The van der Waals surface area contributed by atoms with Crippen LogP contribution in [0.5, 0.6) is 5.75 Å². The van der Waals surface area contributed by atoms with Crippen molar-refractivity contribution in [2.45, 2.75) is 49.6 Å². The van der Waals surface area contributed by atoms with E-state index in [4.69, 9.17) is 16.3 Å². The number of hydrogen-bond donors (Lipinski definition) is 2. The Morgan fingerprint density at radius 1 is 1.25 bits per heavy atom. The number of rotatable bonds is 7. The smallest absolute Gasteiger partial charge is 0.240 e. The number of carbonyl (C=O) groups excluding carboxylic acids is 1. The van der Waals surface area contributed by atoms with Gasteiger partial charge in [-0.25, -0.2) is 4.68 Å². The summed E-state index contributed by atoms with van der Waals surface area (Å²) in [5.74, 6) is 1.33. The molecule has 2 N–H and O–H groups in total. The van der Waals surface area contributed by atoms with Crippen molar-refractivity contribution in [2.24, 2.45) is 0 Å². The van der Waals surface area contributed by atoms with Crippen LogP contribution in [-0.2, 0) is 17.6 Å². The first kappa shape index (κ1) is 22.5.